The maximum absolute atomic E-state index is 12.4. The molecule has 7 nitrogen and oxygen atoms in total. The monoisotopic (exact) mass is 356 g/mol. The summed E-state index contributed by atoms with van der Waals surface area (Å²) in [5.41, 5.74) is 8.96. The standard InChI is InChI=1S/C17H20N6OS/c1-10-15(25-11(2)22-10)17(24)23-12-5-7-19-13(8-12)9-21-14-4-3-6-20-16(14)18/h3-8,11,21-22H,9H2,1-2H3,(H2,18,20)(H,19,23,24). The van der Waals surface area contributed by atoms with Gasteiger partial charge in [0.05, 0.1) is 28.2 Å². The van der Waals surface area contributed by atoms with Crippen LogP contribution in [0, 0.1) is 0 Å². The summed E-state index contributed by atoms with van der Waals surface area (Å²) in [5.74, 6) is 0.329. The summed E-state index contributed by atoms with van der Waals surface area (Å²) in [6.45, 7) is 4.41. The van der Waals surface area contributed by atoms with E-state index in [0.717, 1.165) is 17.1 Å². The van der Waals surface area contributed by atoms with E-state index in [1.165, 1.54) is 11.8 Å². The lowest BCUT2D eigenvalue weighted by atomic mass is 10.3. The molecule has 1 aliphatic rings. The lowest BCUT2D eigenvalue weighted by molar-refractivity contribution is -0.112. The number of pyridine rings is 2. The first-order valence-corrected chi connectivity index (χ1v) is 8.75. The topological polar surface area (TPSA) is 105 Å². The van der Waals surface area contributed by atoms with Gasteiger partial charge in [-0.3, -0.25) is 9.78 Å². The molecule has 2 aromatic rings. The van der Waals surface area contributed by atoms with Crippen LogP contribution in [0.4, 0.5) is 17.2 Å². The average Bonchev–Trinajstić information content (AvgIpc) is 2.93. The fourth-order valence-electron chi connectivity index (χ4n) is 2.48. The van der Waals surface area contributed by atoms with E-state index in [1.54, 1.807) is 18.5 Å². The van der Waals surface area contributed by atoms with Gasteiger partial charge in [-0.25, -0.2) is 4.98 Å². The van der Waals surface area contributed by atoms with Crippen LogP contribution in [-0.2, 0) is 11.3 Å². The molecule has 1 unspecified atom stereocenters. The van der Waals surface area contributed by atoms with Crippen molar-refractivity contribution >= 4 is 34.9 Å². The van der Waals surface area contributed by atoms with Gasteiger partial charge in [-0.2, -0.15) is 0 Å². The molecule has 8 heteroatoms. The van der Waals surface area contributed by atoms with Gasteiger partial charge in [0.1, 0.15) is 5.82 Å². The molecule has 2 aromatic heterocycles. The summed E-state index contributed by atoms with van der Waals surface area (Å²) < 4.78 is 0. The van der Waals surface area contributed by atoms with E-state index in [2.05, 4.69) is 25.9 Å². The second kappa shape index (κ2) is 7.43. The number of nitrogen functional groups attached to an aromatic ring is 1. The number of nitrogens with two attached hydrogens (primary N) is 1. The summed E-state index contributed by atoms with van der Waals surface area (Å²) >= 11 is 1.52. The molecule has 130 valence electrons. The lowest BCUT2D eigenvalue weighted by Crippen LogP contribution is -2.15. The van der Waals surface area contributed by atoms with Crippen LogP contribution in [0.5, 0.6) is 0 Å². The zero-order chi connectivity index (χ0) is 17.8. The van der Waals surface area contributed by atoms with Crippen molar-refractivity contribution in [3.63, 3.8) is 0 Å². The summed E-state index contributed by atoms with van der Waals surface area (Å²) in [6.07, 6.45) is 3.31. The number of carbonyl (C=O) groups is 1. The van der Waals surface area contributed by atoms with Crippen LogP contribution in [0.3, 0.4) is 0 Å². The second-order valence-corrected chi connectivity index (χ2v) is 6.99. The highest BCUT2D eigenvalue weighted by Gasteiger charge is 2.23. The molecule has 5 N–H and O–H groups in total. The Balaban J connectivity index is 1.65. The van der Waals surface area contributed by atoms with Gasteiger partial charge >= 0.3 is 0 Å². The third-order valence-electron chi connectivity index (χ3n) is 3.63. The van der Waals surface area contributed by atoms with E-state index in [4.69, 9.17) is 5.73 Å². The fourth-order valence-corrected chi connectivity index (χ4v) is 3.47. The van der Waals surface area contributed by atoms with Crippen molar-refractivity contribution < 1.29 is 4.79 Å². The SMILES string of the molecule is CC1=C(C(=O)Nc2ccnc(CNc3cccnc3N)c2)SC(C)N1. The number of aromatic nitrogens is 2. The predicted octanol–water partition coefficient (Wildman–Crippen LogP) is 2.52. The molecular formula is C17H20N6OS. The number of allylic oxidation sites excluding steroid dienone is 1. The summed E-state index contributed by atoms with van der Waals surface area (Å²) in [5, 5.41) is 9.56. The molecule has 0 bridgehead atoms. The first-order chi connectivity index (χ1) is 12.0. The third-order valence-corrected chi connectivity index (χ3v) is 4.83. The molecule has 1 atom stereocenters. The Morgan fingerprint density at radius 3 is 2.92 bits per heavy atom. The quantitative estimate of drug-likeness (QED) is 0.652. The highest BCUT2D eigenvalue weighted by atomic mass is 32.2. The van der Waals surface area contributed by atoms with Gasteiger partial charge in [0.2, 0.25) is 0 Å². The van der Waals surface area contributed by atoms with Crippen LogP contribution >= 0.6 is 11.8 Å². The van der Waals surface area contributed by atoms with Crippen molar-refractivity contribution in [3.05, 3.63) is 53.0 Å². The molecule has 0 saturated heterocycles. The Bertz CT molecular complexity index is 822. The maximum Gasteiger partial charge on any atom is 0.263 e. The summed E-state index contributed by atoms with van der Waals surface area (Å²) in [7, 11) is 0. The van der Waals surface area contributed by atoms with Crippen LogP contribution in [0.2, 0.25) is 0 Å². The van der Waals surface area contributed by atoms with Gasteiger partial charge in [0.15, 0.2) is 0 Å². The molecule has 25 heavy (non-hydrogen) atoms. The molecule has 0 aromatic carbocycles. The zero-order valence-corrected chi connectivity index (χ0v) is 14.9. The van der Waals surface area contributed by atoms with Crippen molar-refractivity contribution in [1.29, 1.82) is 0 Å². The minimum Gasteiger partial charge on any atom is -0.382 e. The number of thioether (sulfide) groups is 1. The number of nitrogens with zero attached hydrogens (tertiary/aromatic N) is 2. The second-order valence-electron chi connectivity index (χ2n) is 5.64. The third kappa shape index (κ3) is 4.21. The van der Waals surface area contributed by atoms with Crippen molar-refractivity contribution in [2.45, 2.75) is 25.8 Å². The van der Waals surface area contributed by atoms with E-state index in [1.807, 2.05) is 32.0 Å². The molecule has 3 rings (SSSR count). The van der Waals surface area contributed by atoms with Crippen LogP contribution in [0.15, 0.2) is 47.3 Å². The first-order valence-electron chi connectivity index (χ1n) is 7.87. The summed E-state index contributed by atoms with van der Waals surface area (Å²) in [6, 6.07) is 7.28. The molecule has 0 radical (unpaired) electrons. The number of anilines is 3. The normalized spacial score (nSPS) is 16.5. The van der Waals surface area contributed by atoms with Crippen LogP contribution in [0.25, 0.3) is 0 Å². The smallest absolute Gasteiger partial charge is 0.263 e. The largest absolute Gasteiger partial charge is 0.382 e. The van der Waals surface area contributed by atoms with Crippen LogP contribution in [0.1, 0.15) is 19.5 Å². The van der Waals surface area contributed by atoms with E-state index in [0.29, 0.717) is 23.0 Å². The highest BCUT2D eigenvalue weighted by molar-refractivity contribution is 8.04. The molecule has 0 spiro atoms. The van der Waals surface area contributed by atoms with E-state index in [9.17, 15) is 4.79 Å². The van der Waals surface area contributed by atoms with Crippen LogP contribution in [-0.4, -0.2) is 21.2 Å². The van der Waals surface area contributed by atoms with Gasteiger partial charge in [-0.05, 0) is 38.1 Å². The zero-order valence-electron chi connectivity index (χ0n) is 14.0. The predicted molar refractivity (Wildman–Crippen MR) is 102 cm³/mol. The number of rotatable bonds is 5. The van der Waals surface area contributed by atoms with E-state index in [-0.39, 0.29) is 11.3 Å². The average molecular weight is 356 g/mol. The minimum atomic E-state index is -0.110. The Morgan fingerprint density at radius 2 is 2.20 bits per heavy atom. The van der Waals surface area contributed by atoms with E-state index < -0.39 is 0 Å². The van der Waals surface area contributed by atoms with Crippen molar-refractivity contribution in [2.24, 2.45) is 0 Å². The Kier molecular flexibility index (Phi) is 5.08. The molecule has 3 heterocycles. The van der Waals surface area contributed by atoms with Crippen molar-refractivity contribution in [3.8, 4) is 0 Å². The Morgan fingerprint density at radius 1 is 1.36 bits per heavy atom. The van der Waals surface area contributed by atoms with Crippen molar-refractivity contribution in [2.75, 3.05) is 16.4 Å². The lowest BCUT2D eigenvalue weighted by Gasteiger charge is -2.10. The number of carbonyl (C=O) groups excluding carboxylic acids is 1. The van der Waals surface area contributed by atoms with Crippen molar-refractivity contribution in [1.82, 2.24) is 15.3 Å². The molecule has 0 saturated carbocycles. The van der Waals surface area contributed by atoms with Gasteiger partial charge in [-0.15, -0.1) is 0 Å². The molecular weight excluding hydrogens is 336 g/mol. The molecule has 0 fully saturated rings. The fraction of sp³-hybridized carbons (Fsp3) is 0.235. The first kappa shape index (κ1) is 17.1. The molecule has 1 amide bonds. The minimum absolute atomic E-state index is 0.110. The number of hydrogen-bond donors (Lipinski definition) is 4. The highest BCUT2D eigenvalue weighted by Crippen LogP contribution is 2.30. The Labute approximate surface area is 150 Å². The van der Waals surface area contributed by atoms with Gasteiger partial charge in [0, 0.05) is 23.8 Å². The van der Waals surface area contributed by atoms with Gasteiger partial charge in [-0.1, -0.05) is 11.8 Å². The summed E-state index contributed by atoms with van der Waals surface area (Å²) in [4.78, 5) is 21.5. The van der Waals surface area contributed by atoms with Crippen LogP contribution < -0.4 is 21.7 Å². The van der Waals surface area contributed by atoms with Gasteiger partial charge in [0.25, 0.3) is 5.91 Å². The van der Waals surface area contributed by atoms with Gasteiger partial charge < -0.3 is 21.7 Å². The molecule has 1 aliphatic heterocycles. The Hall–Kier alpha value is -2.74. The van der Waals surface area contributed by atoms with E-state index >= 15 is 0 Å². The number of hydrogen-bond acceptors (Lipinski definition) is 7. The molecule has 0 aliphatic carbocycles. The number of nitrogens with one attached hydrogen (secondary N) is 3. The number of amides is 1. The maximum atomic E-state index is 12.4.